The van der Waals surface area contributed by atoms with Crippen molar-refractivity contribution in [3.63, 3.8) is 0 Å². The molecule has 0 aliphatic rings. The average Bonchev–Trinajstić information content (AvgIpc) is 2.83. The number of aromatic nitrogens is 2. The molecule has 0 amide bonds. The molecular weight excluding hydrogens is 258 g/mol. The fraction of sp³-hybridized carbons (Fsp3) is 0.286. The minimum atomic E-state index is -0.543. The van der Waals surface area contributed by atoms with Crippen molar-refractivity contribution in [2.24, 2.45) is 0 Å². The number of esters is 1. The predicted molar refractivity (Wildman–Crippen MR) is 75.2 cm³/mol. The number of ether oxygens (including phenoxy) is 2. The van der Waals surface area contributed by atoms with Crippen LogP contribution in [0.5, 0.6) is 5.75 Å². The van der Waals surface area contributed by atoms with Crippen LogP contribution in [0.25, 0.3) is 5.69 Å². The molecule has 6 heteroatoms. The number of methoxy groups -OCH3 is 2. The summed E-state index contributed by atoms with van der Waals surface area (Å²) in [5, 5.41) is 0. The molecule has 106 valence electrons. The van der Waals surface area contributed by atoms with Crippen LogP contribution in [-0.4, -0.2) is 29.7 Å². The number of hydrogen-bond donors (Lipinski definition) is 1. The number of anilines is 1. The Morgan fingerprint density at radius 1 is 1.40 bits per heavy atom. The van der Waals surface area contributed by atoms with E-state index in [1.54, 1.807) is 11.7 Å². The topological polar surface area (TPSA) is 79.4 Å². The van der Waals surface area contributed by atoms with E-state index in [1.807, 2.05) is 31.2 Å². The van der Waals surface area contributed by atoms with Crippen molar-refractivity contribution in [2.45, 2.75) is 13.3 Å². The summed E-state index contributed by atoms with van der Waals surface area (Å²) < 4.78 is 11.6. The van der Waals surface area contributed by atoms with Gasteiger partial charge in [-0.2, -0.15) is 0 Å². The van der Waals surface area contributed by atoms with Gasteiger partial charge in [0, 0.05) is 12.5 Å². The molecule has 2 aromatic rings. The van der Waals surface area contributed by atoms with Gasteiger partial charge in [-0.25, -0.2) is 9.78 Å². The molecule has 2 rings (SSSR count). The van der Waals surface area contributed by atoms with Gasteiger partial charge in [0.05, 0.1) is 19.9 Å². The Hall–Kier alpha value is -2.50. The molecule has 1 aromatic heterocycles. The van der Waals surface area contributed by atoms with Gasteiger partial charge in [0.2, 0.25) is 0 Å². The van der Waals surface area contributed by atoms with Crippen LogP contribution >= 0.6 is 0 Å². The number of imidazole rings is 1. The number of nitrogens with zero attached hydrogens (tertiary/aromatic N) is 2. The predicted octanol–water partition coefficient (Wildman–Crippen LogP) is 1.81. The van der Waals surface area contributed by atoms with Crippen LogP contribution < -0.4 is 10.5 Å². The quantitative estimate of drug-likeness (QED) is 0.861. The van der Waals surface area contributed by atoms with Crippen molar-refractivity contribution in [1.82, 2.24) is 9.55 Å². The van der Waals surface area contributed by atoms with Gasteiger partial charge in [-0.05, 0) is 12.1 Å². The van der Waals surface area contributed by atoms with Crippen LogP contribution in [0, 0.1) is 0 Å². The molecule has 0 saturated heterocycles. The molecule has 0 aliphatic heterocycles. The minimum Gasteiger partial charge on any atom is -0.497 e. The van der Waals surface area contributed by atoms with Crippen molar-refractivity contribution in [3.05, 3.63) is 35.8 Å². The van der Waals surface area contributed by atoms with E-state index in [2.05, 4.69) is 4.98 Å². The van der Waals surface area contributed by atoms with E-state index in [-0.39, 0.29) is 11.5 Å². The lowest BCUT2D eigenvalue weighted by molar-refractivity contribution is 0.0596. The molecule has 0 radical (unpaired) electrons. The summed E-state index contributed by atoms with van der Waals surface area (Å²) in [6, 6.07) is 7.40. The molecule has 1 aromatic carbocycles. The smallest absolute Gasteiger partial charge is 0.360 e. The molecule has 0 aliphatic carbocycles. The lowest BCUT2D eigenvalue weighted by atomic mass is 10.3. The van der Waals surface area contributed by atoms with Crippen LogP contribution in [0.4, 0.5) is 5.82 Å². The van der Waals surface area contributed by atoms with Gasteiger partial charge in [-0.15, -0.1) is 0 Å². The molecule has 0 unspecified atom stereocenters. The fourth-order valence-electron chi connectivity index (χ4n) is 2.00. The van der Waals surface area contributed by atoms with Gasteiger partial charge in [0.1, 0.15) is 17.4 Å². The van der Waals surface area contributed by atoms with Crippen molar-refractivity contribution >= 4 is 11.8 Å². The van der Waals surface area contributed by atoms with Crippen LogP contribution in [-0.2, 0) is 11.2 Å². The molecule has 0 atom stereocenters. The summed E-state index contributed by atoms with van der Waals surface area (Å²) in [6.45, 7) is 1.94. The second-order valence-electron chi connectivity index (χ2n) is 4.14. The second kappa shape index (κ2) is 5.64. The highest BCUT2D eigenvalue weighted by Gasteiger charge is 2.21. The van der Waals surface area contributed by atoms with E-state index in [4.69, 9.17) is 15.2 Å². The number of benzene rings is 1. The molecule has 20 heavy (non-hydrogen) atoms. The summed E-state index contributed by atoms with van der Waals surface area (Å²) in [5.41, 5.74) is 6.96. The molecule has 2 N–H and O–H groups in total. The number of hydrogen-bond acceptors (Lipinski definition) is 5. The highest BCUT2D eigenvalue weighted by Crippen LogP contribution is 2.24. The van der Waals surface area contributed by atoms with Gasteiger partial charge in [-0.1, -0.05) is 13.0 Å². The van der Waals surface area contributed by atoms with E-state index in [9.17, 15) is 4.79 Å². The first-order valence-corrected chi connectivity index (χ1v) is 6.22. The van der Waals surface area contributed by atoms with Crippen LogP contribution in [0.3, 0.4) is 0 Å². The van der Waals surface area contributed by atoms with Crippen LogP contribution in [0.15, 0.2) is 24.3 Å². The Bertz CT molecular complexity index is 635. The lowest BCUT2D eigenvalue weighted by Gasteiger charge is -2.10. The van der Waals surface area contributed by atoms with Crippen molar-refractivity contribution in [3.8, 4) is 11.4 Å². The molecule has 6 nitrogen and oxygen atoms in total. The molecule has 0 fully saturated rings. The molecule has 0 saturated carbocycles. The summed E-state index contributed by atoms with van der Waals surface area (Å²) in [5.74, 6) is 1.12. The third-order valence-electron chi connectivity index (χ3n) is 2.99. The SMILES string of the molecule is CCc1nc(C(=O)OC)c(N)n1-c1cccc(OC)c1. The number of nitrogen functional groups attached to an aromatic ring is 1. The Morgan fingerprint density at radius 3 is 2.75 bits per heavy atom. The molecular formula is C14H17N3O3. The lowest BCUT2D eigenvalue weighted by Crippen LogP contribution is -2.08. The van der Waals surface area contributed by atoms with E-state index < -0.39 is 5.97 Å². The van der Waals surface area contributed by atoms with Gasteiger partial charge in [0.25, 0.3) is 0 Å². The average molecular weight is 275 g/mol. The number of nitrogens with two attached hydrogens (primary N) is 1. The van der Waals surface area contributed by atoms with E-state index in [0.717, 1.165) is 5.69 Å². The summed E-state index contributed by atoms with van der Waals surface area (Å²) in [4.78, 5) is 15.9. The Balaban J connectivity index is 2.60. The monoisotopic (exact) mass is 275 g/mol. The fourth-order valence-corrected chi connectivity index (χ4v) is 2.00. The minimum absolute atomic E-state index is 0.132. The van der Waals surface area contributed by atoms with Crippen molar-refractivity contribution in [1.29, 1.82) is 0 Å². The maximum Gasteiger partial charge on any atom is 0.360 e. The first-order valence-electron chi connectivity index (χ1n) is 6.22. The highest BCUT2D eigenvalue weighted by molar-refractivity contribution is 5.92. The maximum absolute atomic E-state index is 11.7. The normalized spacial score (nSPS) is 10.3. The zero-order valence-corrected chi connectivity index (χ0v) is 11.7. The number of carbonyl (C=O) groups is 1. The van der Waals surface area contributed by atoms with Gasteiger partial charge in [0.15, 0.2) is 5.69 Å². The Morgan fingerprint density at radius 2 is 2.15 bits per heavy atom. The zero-order chi connectivity index (χ0) is 14.7. The largest absolute Gasteiger partial charge is 0.497 e. The summed E-state index contributed by atoms with van der Waals surface area (Å²) in [7, 11) is 2.90. The molecule has 1 heterocycles. The third kappa shape index (κ3) is 2.32. The van der Waals surface area contributed by atoms with Crippen molar-refractivity contribution < 1.29 is 14.3 Å². The van der Waals surface area contributed by atoms with E-state index in [1.165, 1.54) is 7.11 Å². The first kappa shape index (κ1) is 13.9. The molecule has 0 bridgehead atoms. The van der Waals surface area contributed by atoms with Crippen molar-refractivity contribution in [2.75, 3.05) is 20.0 Å². The Labute approximate surface area is 117 Å². The third-order valence-corrected chi connectivity index (χ3v) is 2.99. The summed E-state index contributed by atoms with van der Waals surface area (Å²) in [6.07, 6.45) is 0.637. The van der Waals surface area contributed by atoms with Crippen LogP contribution in [0.2, 0.25) is 0 Å². The van der Waals surface area contributed by atoms with Gasteiger partial charge < -0.3 is 15.2 Å². The van der Waals surface area contributed by atoms with E-state index >= 15 is 0 Å². The second-order valence-corrected chi connectivity index (χ2v) is 4.14. The number of aryl methyl sites for hydroxylation is 1. The van der Waals surface area contributed by atoms with Gasteiger partial charge >= 0.3 is 5.97 Å². The summed E-state index contributed by atoms with van der Waals surface area (Å²) >= 11 is 0. The molecule has 0 spiro atoms. The number of rotatable bonds is 4. The Kier molecular flexibility index (Phi) is 3.93. The standard InChI is InChI=1S/C14H17N3O3/c1-4-11-16-12(14(18)20-3)13(15)17(11)9-6-5-7-10(8-9)19-2/h5-8H,4,15H2,1-3H3. The van der Waals surface area contributed by atoms with E-state index in [0.29, 0.717) is 18.0 Å². The number of carbonyl (C=O) groups excluding carboxylic acids is 1. The van der Waals surface area contributed by atoms with Gasteiger partial charge in [-0.3, -0.25) is 4.57 Å². The van der Waals surface area contributed by atoms with Crippen LogP contribution in [0.1, 0.15) is 23.2 Å². The highest BCUT2D eigenvalue weighted by atomic mass is 16.5. The maximum atomic E-state index is 11.7. The first-order chi connectivity index (χ1) is 9.62. The zero-order valence-electron chi connectivity index (χ0n) is 11.7.